The van der Waals surface area contributed by atoms with E-state index in [-0.39, 0.29) is 40.4 Å². The van der Waals surface area contributed by atoms with Crippen LogP contribution in [0.25, 0.3) is 0 Å². The van der Waals surface area contributed by atoms with Crippen molar-refractivity contribution in [3.63, 3.8) is 0 Å². The fourth-order valence-corrected chi connectivity index (χ4v) is 2.05. The normalized spacial score (nSPS) is 18.3. The molecule has 0 bridgehead atoms. The van der Waals surface area contributed by atoms with Crippen molar-refractivity contribution in [2.75, 3.05) is 5.32 Å². The Morgan fingerprint density at radius 3 is 2.56 bits per heavy atom. The van der Waals surface area contributed by atoms with E-state index in [1.54, 1.807) is 19.9 Å². The molecule has 1 heterocycles. The molecule has 1 aliphatic rings. The molecule has 1 amide bonds. The number of benzene rings is 1. The average molecular weight is 247 g/mol. The summed E-state index contributed by atoms with van der Waals surface area (Å²) in [5.74, 6) is -0.105. The second kappa shape index (κ2) is 4.58. The number of fused-ring (bicyclic) bond motifs is 1. The fraction of sp³-hybridized carbons (Fsp3) is 0.300. The summed E-state index contributed by atoms with van der Waals surface area (Å²) < 4.78 is 21.6. The first-order valence-electron chi connectivity index (χ1n) is 4.48. The Kier molecular flexibility index (Phi) is 3.97. The fourth-order valence-electron chi connectivity index (χ4n) is 1.65. The molecule has 0 saturated carbocycles. The summed E-state index contributed by atoms with van der Waals surface area (Å²) in [6.45, 7) is 3.54. The minimum Gasteiger partial charge on any atom is -0.768 e. The molecule has 0 aliphatic carbocycles. The van der Waals surface area contributed by atoms with Crippen LogP contribution in [0.3, 0.4) is 0 Å². The van der Waals surface area contributed by atoms with E-state index in [2.05, 4.69) is 5.32 Å². The molecule has 0 aromatic heterocycles. The van der Waals surface area contributed by atoms with Crippen molar-refractivity contribution < 1.29 is 43.1 Å². The third-order valence-electron chi connectivity index (χ3n) is 2.67. The topological polar surface area (TPSA) is 69.2 Å². The van der Waals surface area contributed by atoms with Crippen LogP contribution in [0.2, 0.25) is 0 Å². The van der Waals surface area contributed by atoms with Gasteiger partial charge >= 0.3 is 29.6 Å². The molecule has 16 heavy (non-hydrogen) atoms. The Morgan fingerprint density at radius 2 is 2.00 bits per heavy atom. The largest absolute Gasteiger partial charge is 1.00 e. The number of hydrogen-bond donors (Lipinski definition) is 1. The molecule has 4 nitrogen and oxygen atoms in total. The van der Waals surface area contributed by atoms with Crippen LogP contribution in [0.1, 0.15) is 19.4 Å². The molecule has 0 spiro atoms. The van der Waals surface area contributed by atoms with Gasteiger partial charge < -0.3 is 9.87 Å². The summed E-state index contributed by atoms with van der Waals surface area (Å²) in [5, 5.41) is 2.71. The zero-order valence-electron chi connectivity index (χ0n) is 9.37. The van der Waals surface area contributed by atoms with Crippen molar-refractivity contribution in [1.82, 2.24) is 0 Å². The second-order valence-corrected chi connectivity index (χ2v) is 4.96. The smallest absolute Gasteiger partial charge is 0.768 e. The number of rotatable bonds is 1. The van der Waals surface area contributed by atoms with Crippen LogP contribution in [0.15, 0.2) is 23.1 Å². The van der Waals surface area contributed by atoms with Crippen LogP contribution in [-0.2, 0) is 21.3 Å². The predicted octanol–water partition coefficient (Wildman–Crippen LogP) is -1.84. The average Bonchev–Trinajstić information content (AvgIpc) is 2.38. The molecule has 1 N–H and O–H groups in total. The van der Waals surface area contributed by atoms with Gasteiger partial charge in [0, 0.05) is 10.6 Å². The van der Waals surface area contributed by atoms with Crippen molar-refractivity contribution in [2.45, 2.75) is 24.2 Å². The van der Waals surface area contributed by atoms with E-state index in [0.29, 0.717) is 5.69 Å². The summed E-state index contributed by atoms with van der Waals surface area (Å²) >= 11 is -2.25. The Bertz CT molecular complexity index is 473. The molecule has 2 rings (SSSR count). The molecule has 1 atom stereocenters. The quantitative estimate of drug-likeness (QED) is 0.468. The Morgan fingerprint density at radius 1 is 1.38 bits per heavy atom. The third-order valence-corrected chi connectivity index (χ3v) is 3.31. The Balaban J connectivity index is 0.00000128. The summed E-state index contributed by atoms with van der Waals surface area (Å²) in [6, 6.07) is 4.63. The van der Waals surface area contributed by atoms with E-state index in [0.717, 1.165) is 5.56 Å². The Hall–Kier alpha value is -0.200. The minimum atomic E-state index is -2.25. The summed E-state index contributed by atoms with van der Waals surface area (Å²) in [5.41, 5.74) is 0.762. The number of amides is 1. The van der Waals surface area contributed by atoms with Crippen molar-refractivity contribution in [2.24, 2.45) is 0 Å². The maximum absolute atomic E-state index is 11.6. The van der Waals surface area contributed by atoms with Crippen LogP contribution in [-0.4, -0.2) is 14.7 Å². The van der Waals surface area contributed by atoms with Gasteiger partial charge in [-0.3, -0.25) is 9.00 Å². The Labute approximate surface area is 118 Å². The number of hydrogen-bond acceptors (Lipinski definition) is 3. The minimum absolute atomic E-state index is 0. The van der Waals surface area contributed by atoms with E-state index >= 15 is 0 Å². The van der Waals surface area contributed by atoms with Crippen LogP contribution < -0.4 is 34.9 Å². The standard InChI is InChI=1S/C10H11NO3S.Na/c1-10(2)7-5-6(15(13)14)3-4-8(7)11-9(10)12;/h3-5H,1-2H3,(H,11,12)(H,13,14);/q;+1/p-1. The van der Waals surface area contributed by atoms with E-state index in [1.165, 1.54) is 12.1 Å². The van der Waals surface area contributed by atoms with E-state index in [4.69, 9.17) is 0 Å². The van der Waals surface area contributed by atoms with Gasteiger partial charge in [0.1, 0.15) is 0 Å². The molecular formula is C10H10NNaO3S. The summed E-state index contributed by atoms with van der Waals surface area (Å²) in [4.78, 5) is 11.8. The second-order valence-electron chi connectivity index (χ2n) is 4.02. The molecule has 0 saturated heterocycles. The number of carbonyl (C=O) groups excluding carboxylic acids is 1. The summed E-state index contributed by atoms with van der Waals surface area (Å²) in [7, 11) is 0. The van der Waals surface area contributed by atoms with Gasteiger partial charge in [-0.1, -0.05) is 0 Å². The van der Waals surface area contributed by atoms with Crippen LogP contribution >= 0.6 is 0 Å². The molecule has 0 fully saturated rings. The van der Waals surface area contributed by atoms with Gasteiger partial charge in [-0.25, -0.2) is 0 Å². The first-order chi connectivity index (χ1) is 6.93. The van der Waals surface area contributed by atoms with Crippen molar-refractivity contribution in [3.05, 3.63) is 23.8 Å². The van der Waals surface area contributed by atoms with Crippen LogP contribution in [0, 0.1) is 0 Å². The van der Waals surface area contributed by atoms with Gasteiger partial charge in [0.15, 0.2) is 0 Å². The number of anilines is 1. The number of nitrogens with one attached hydrogen (secondary N) is 1. The van der Waals surface area contributed by atoms with Gasteiger partial charge in [0.2, 0.25) is 5.91 Å². The molecule has 1 aromatic carbocycles. The van der Waals surface area contributed by atoms with Crippen molar-refractivity contribution in [3.8, 4) is 0 Å². The predicted molar refractivity (Wildman–Crippen MR) is 55.3 cm³/mol. The van der Waals surface area contributed by atoms with Crippen molar-refractivity contribution in [1.29, 1.82) is 0 Å². The van der Waals surface area contributed by atoms with E-state index in [1.807, 2.05) is 0 Å². The first kappa shape index (κ1) is 13.9. The zero-order valence-corrected chi connectivity index (χ0v) is 12.2. The van der Waals surface area contributed by atoms with Gasteiger partial charge in [-0.05, 0) is 48.7 Å². The van der Waals surface area contributed by atoms with Crippen LogP contribution in [0.4, 0.5) is 5.69 Å². The molecule has 1 aliphatic heterocycles. The van der Waals surface area contributed by atoms with Crippen LogP contribution in [0.5, 0.6) is 0 Å². The molecule has 0 radical (unpaired) electrons. The zero-order chi connectivity index (χ0) is 11.2. The van der Waals surface area contributed by atoms with Gasteiger partial charge in [0.05, 0.1) is 5.41 Å². The van der Waals surface area contributed by atoms with Gasteiger partial charge in [-0.15, -0.1) is 0 Å². The SMILES string of the molecule is CC1(C)C(=O)Nc2ccc(S(=O)[O-])cc21.[Na+]. The maximum Gasteiger partial charge on any atom is 1.00 e. The first-order valence-corrected chi connectivity index (χ1v) is 5.55. The molecule has 80 valence electrons. The molecule has 1 unspecified atom stereocenters. The summed E-state index contributed by atoms with van der Waals surface area (Å²) in [6.07, 6.45) is 0. The van der Waals surface area contributed by atoms with E-state index < -0.39 is 16.5 Å². The molecular weight excluding hydrogens is 237 g/mol. The molecule has 1 aromatic rings. The van der Waals surface area contributed by atoms with Gasteiger partial charge in [0.25, 0.3) is 0 Å². The third kappa shape index (κ3) is 2.10. The molecule has 6 heteroatoms. The monoisotopic (exact) mass is 247 g/mol. The number of carbonyl (C=O) groups is 1. The maximum atomic E-state index is 11.6. The van der Waals surface area contributed by atoms with Gasteiger partial charge in [-0.2, -0.15) is 0 Å². The van der Waals surface area contributed by atoms with Crippen molar-refractivity contribution >= 4 is 22.7 Å². The van der Waals surface area contributed by atoms with E-state index in [9.17, 15) is 13.6 Å².